The van der Waals surface area contributed by atoms with Gasteiger partial charge in [-0.25, -0.2) is 0 Å². The molecule has 88 valence electrons. The van der Waals surface area contributed by atoms with Crippen LogP contribution < -0.4 is 0 Å². The summed E-state index contributed by atoms with van der Waals surface area (Å²) in [4.78, 5) is 18.4. The molecule has 3 heteroatoms. The highest BCUT2D eigenvalue weighted by Gasteiger charge is 2.35. The van der Waals surface area contributed by atoms with E-state index in [-0.39, 0.29) is 0 Å². The van der Waals surface area contributed by atoms with Crippen molar-refractivity contribution < 1.29 is 4.79 Å². The Morgan fingerprint density at radius 1 is 1.41 bits per heavy atom. The molecule has 0 amide bonds. The molecule has 0 saturated carbocycles. The van der Waals surface area contributed by atoms with Crippen molar-refractivity contribution in [1.29, 1.82) is 0 Å². The third kappa shape index (κ3) is 1.97. The van der Waals surface area contributed by atoms with E-state index >= 15 is 0 Å². The smallest absolute Gasteiger partial charge is 0.181 e. The summed E-state index contributed by atoms with van der Waals surface area (Å²) < 4.78 is 0. The summed E-state index contributed by atoms with van der Waals surface area (Å²) in [5, 5.41) is 0. The molecule has 0 aromatic carbocycles. The molecule has 0 atom stereocenters. The molecule has 0 N–H and O–H groups in total. The van der Waals surface area contributed by atoms with Gasteiger partial charge in [0.05, 0.1) is 5.70 Å². The predicted octanol–water partition coefficient (Wildman–Crippen LogP) is 1.80. The van der Waals surface area contributed by atoms with Gasteiger partial charge in [-0.05, 0) is 30.9 Å². The van der Waals surface area contributed by atoms with Crippen molar-refractivity contribution in [2.45, 2.75) is 19.3 Å². The van der Waals surface area contributed by atoms with Crippen LogP contribution in [0.1, 0.15) is 18.4 Å². The Balaban J connectivity index is 1.78. The summed E-state index contributed by atoms with van der Waals surface area (Å²) in [6.07, 6.45) is 8.60. The van der Waals surface area contributed by atoms with Gasteiger partial charge in [-0.15, -0.1) is 0 Å². The zero-order valence-corrected chi connectivity index (χ0v) is 9.80. The normalized spacial score (nSPS) is 22.5. The van der Waals surface area contributed by atoms with Crippen LogP contribution in [0.3, 0.4) is 0 Å². The van der Waals surface area contributed by atoms with E-state index < -0.39 is 0 Å². The number of carbonyl (C=O) groups excluding carboxylic acids is 1. The molecule has 2 bridgehead atoms. The number of hydrogen-bond acceptors (Lipinski definition) is 3. The zero-order valence-electron chi connectivity index (χ0n) is 9.80. The van der Waals surface area contributed by atoms with Crippen molar-refractivity contribution in [3.8, 4) is 0 Å². The largest absolute Gasteiger partial charge is 0.369 e. The molecule has 3 aliphatic heterocycles. The summed E-state index contributed by atoms with van der Waals surface area (Å²) in [6.45, 7) is 2.10. The topological polar surface area (TPSA) is 33.2 Å². The molecule has 0 spiro atoms. The second-order valence-electron chi connectivity index (χ2n) is 4.78. The third-order valence-corrected chi connectivity index (χ3v) is 3.71. The second-order valence-corrected chi connectivity index (χ2v) is 4.78. The Hall–Kier alpha value is -1.64. The van der Waals surface area contributed by atoms with Gasteiger partial charge in [0, 0.05) is 31.4 Å². The molecular weight excluding hydrogens is 212 g/mol. The van der Waals surface area contributed by atoms with E-state index in [1.165, 1.54) is 0 Å². The number of fused-ring (bicyclic) bond motifs is 3. The SMILES string of the molecule is O=C1/C(=C/Cc2cccnc2)N2CCC1CC2. The van der Waals surface area contributed by atoms with Gasteiger partial charge in [0.25, 0.3) is 0 Å². The van der Waals surface area contributed by atoms with Crippen LogP contribution in [0.4, 0.5) is 0 Å². The fourth-order valence-electron chi connectivity index (χ4n) is 2.71. The van der Waals surface area contributed by atoms with Crippen LogP contribution in [0.2, 0.25) is 0 Å². The van der Waals surface area contributed by atoms with E-state index in [1.54, 1.807) is 6.20 Å². The van der Waals surface area contributed by atoms with Crippen molar-refractivity contribution in [1.82, 2.24) is 9.88 Å². The highest BCUT2D eigenvalue weighted by molar-refractivity contribution is 5.98. The third-order valence-electron chi connectivity index (χ3n) is 3.71. The van der Waals surface area contributed by atoms with E-state index in [2.05, 4.69) is 16.0 Å². The molecule has 1 aromatic heterocycles. The van der Waals surface area contributed by atoms with Crippen LogP contribution in [0.15, 0.2) is 36.3 Å². The maximum atomic E-state index is 12.1. The van der Waals surface area contributed by atoms with Crippen molar-refractivity contribution in [3.63, 3.8) is 0 Å². The number of rotatable bonds is 2. The molecule has 17 heavy (non-hydrogen) atoms. The molecule has 3 aliphatic rings. The van der Waals surface area contributed by atoms with E-state index in [0.29, 0.717) is 11.7 Å². The number of aromatic nitrogens is 1. The quantitative estimate of drug-likeness (QED) is 0.724. The lowest BCUT2D eigenvalue weighted by Crippen LogP contribution is -2.46. The van der Waals surface area contributed by atoms with Crippen molar-refractivity contribution in [2.75, 3.05) is 13.1 Å². The van der Waals surface area contributed by atoms with Gasteiger partial charge in [0.2, 0.25) is 0 Å². The number of Topliss-reactive ketones (excluding diaryl/α,β-unsaturated/α-hetero) is 1. The van der Waals surface area contributed by atoms with Crippen LogP contribution in [-0.2, 0) is 11.2 Å². The number of pyridine rings is 1. The van der Waals surface area contributed by atoms with Crippen LogP contribution in [0.25, 0.3) is 0 Å². The van der Waals surface area contributed by atoms with Gasteiger partial charge in [-0.2, -0.15) is 0 Å². The molecule has 0 radical (unpaired) electrons. The minimum absolute atomic E-state index is 0.292. The fraction of sp³-hybridized carbons (Fsp3) is 0.429. The average Bonchev–Trinajstić information content (AvgIpc) is 2.40. The van der Waals surface area contributed by atoms with Gasteiger partial charge in [0.1, 0.15) is 0 Å². The summed E-state index contributed by atoms with van der Waals surface area (Å²) >= 11 is 0. The lowest BCUT2D eigenvalue weighted by Gasteiger charge is -2.41. The van der Waals surface area contributed by atoms with E-state index in [1.807, 2.05) is 18.3 Å². The Bertz CT molecular complexity index is 445. The molecule has 3 saturated heterocycles. The molecule has 3 fully saturated rings. The molecule has 3 nitrogen and oxygen atoms in total. The minimum Gasteiger partial charge on any atom is -0.369 e. The van der Waals surface area contributed by atoms with Crippen LogP contribution in [0, 0.1) is 5.92 Å². The van der Waals surface area contributed by atoms with Crippen molar-refractivity contribution >= 4 is 5.78 Å². The Labute approximate surface area is 101 Å². The fourth-order valence-corrected chi connectivity index (χ4v) is 2.71. The van der Waals surface area contributed by atoms with Crippen LogP contribution in [-0.4, -0.2) is 28.8 Å². The van der Waals surface area contributed by atoms with Crippen LogP contribution >= 0.6 is 0 Å². The summed E-state index contributed by atoms with van der Waals surface area (Å²) in [5.74, 6) is 0.645. The van der Waals surface area contributed by atoms with Gasteiger partial charge >= 0.3 is 0 Å². The number of hydrogen-bond donors (Lipinski definition) is 0. The van der Waals surface area contributed by atoms with Gasteiger partial charge in [-0.3, -0.25) is 9.78 Å². The van der Waals surface area contributed by atoms with Gasteiger partial charge in [0.15, 0.2) is 5.78 Å². The monoisotopic (exact) mass is 228 g/mol. The number of nitrogens with zero attached hydrogens (tertiary/aromatic N) is 2. The molecule has 1 aromatic rings. The Kier molecular flexibility index (Phi) is 2.67. The first-order chi connectivity index (χ1) is 8.34. The first kappa shape index (κ1) is 10.5. The summed E-state index contributed by atoms with van der Waals surface area (Å²) in [7, 11) is 0. The maximum Gasteiger partial charge on any atom is 0.181 e. The number of allylic oxidation sites excluding steroid dienone is 2. The first-order valence-electron chi connectivity index (χ1n) is 6.23. The minimum atomic E-state index is 0.292. The average molecular weight is 228 g/mol. The number of piperidine rings is 3. The van der Waals surface area contributed by atoms with Gasteiger partial charge < -0.3 is 4.90 Å². The van der Waals surface area contributed by atoms with Crippen molar-refractivity contribution in [3.05, 3.63) is 41.9 Å². The maximum absolute atomic E-state index is 12.1. The summed E-state index contributed by atoms with van der Waals surface area (Å²) in [5.41, 5.74) is 2.10. The standard InChI is InChI=1S/C14H16N2O/c17-14-12-5-8-16(9-6-12)13(14)4-3-11-2-1-7-15-10-11/h1-2,4,7,10,12H,3,5-6,8-9H2/b13-4-. The van der Waals surface area contributed by atoms with Crippen molar-refractivity contribution in [2.24, 2.45) is 5.92 Å². The zero-order chi connectivity index (χ0) is 11.7. The first-order valence-corrected chi connectivity index (χ1v) is 6.23. The summed E-state index contributed by atoms with van der Waals surface area (Å²) in [6, 6.07) is 3.98. The molecule has 0 unspecified atom stereocenters. The molecule has 4 rings (SSSR count). The van der Waals surface area contributed by atoms with Crippen LogP contribution in [0.5, 0.6) is 0 Å². The molecule has 0 aliphatic carbocycles. The highest BCUT2D eigenvalue weighted by atomic mass is 16.1. The molecule has 4 heterocycles. The lowest BCUT2D eigenvalue weighted by molar-refractivity contribution is -0.125. The highest BCUT2D eigenvalue weighted by Crippen LogP contribution is 2.31. The molecular formula is C14H16N2O. The van der Waals surface area contributed by atoms with Gasteiger partial charge in [-0.1, -0.05) is 12.1 Å². The predicted molar refractivity (Wildman–Crippen MR) is 65.3 cm³/mol. The Morgan fingerprint density at radius 2 is 2.24 bits per heavy atom. The van der Waals surface area contributed by atoms with E-state index in [4.69, 9.17) is 0 Å². The van der Waals surface area contributed by atoms with E-state index in [0.717, 1.165) is 43.6 Å². The van der Waals surface area contributed by atoms with E-state index in [9.17, 15) is 4.79 Å². The second kappa shape index (κ2) is 4.32. The number of ketones is 1. The number of carbonyl (C=O) groups is 1. The Morgan fingerprint density at radius 3 is 2.88 bits per heavy atom. The lowest BCUT2D eigenvalue weighted by atomic mass is 9.84.